The van der Waals surface area contributed by atoms with E-state index in [-0.39, 0.29) is 12.5 Å². The van der Waals surface area contributed by atoms with E-state index in [9.17, 15) is 4.79 Å². The number of hydrogen-bond acceptors (Lipinski definition) is 5. The van der Waals surface area contributed by atoms with E-state index in [0.717, 1.165) is 29.8 Å². The van der Waals surface area contributed by atoms with Crippen LogP contribution in [0.3, 0.4) is 0 Å². The average Bonchev–Trinajstić information content (AvgIpc) is 3.16. The number of halogens is 2. The molecule has 152 valence electrons. The van der Waals surface area contributed by atoms with Crippen LogP contribution >= 0.6 is 34.5 Å². The average molecular weight is 451 g/mol. The smallest absolute Gasteiger partial charge is 0.264 e. The first-order chi connectivity index (χ1) is 14.0. The van der Waals surface area contributed by atoms with Gasteiger partial charge in [-0.2, -0.15) is 0 Å². The topological polar surface area (TPSA) is 60.5 Å². The van der Waals surface area contributed by atoms with Crippen molar-refractivity contribution in [3.8, 4) is 22.8 Å². The molecule has 8 heteroatoms. The minimum absolute atomic E-state index is 0.180. The van der Waals surface area contributed by atoms with Gasteiger partial charge in [0.15, 0.2) is 11.7 Å². The monoisotopic (exact) mass is 450 g/mol. The Bertz CT molecular complexity index is 961. The van der Waals surface area contributed by atoms with Crippen LogP contribution in [0.25, 0.3) is 11.3 Å². The highest BCUT2D eigenvalue weighted by atomic mass is 35.5. The van der Waals surface area contributed by atoms with Crippen molar-refractivity contribution in [2.24, 2.45) is 0 Å². The van der Waals surface area contributed by atoms with Gasteiger partial charge >= 0.3 is 0 Å². The number of nitrogens with zero attached hydrogens (tertiary/aromatic N) is 1. The fraction of sp³-hybridized carbons (Fsp3) is 0.238. The first kappa shape index (κ1) is 21.4. The molecule has 0 spiro atoms. The molecule has 3 rings (SSSR count). The zero-order valence-corrected chi connectivity index (χ0v) is 18.1. The number of hydrogen-bond donors (Lipinski definition) is 1. The highest BCUT2D eigenvalue weighted by Gasteiger charge is 2.10. The van der Waals surface area contributed by atoms with Crippen molar-refractivity contribution in [3.63, 3.8) is 0 Å². The number of carbonyl (C=O) groups excluding carboxylic acids is 1. The van der Waals surface area contributed by atoms with Crippen molar-refractivity contribution in [3.05, 3.63) is 57.9 Å². The molecule has 0 saturated carbocycles. The molecule has 2 aromatic carbocycles. The van der Waals surface area contributed by atoms with Gasteiger partial charge in [-0.25, -0.2) is 4.98 Å². The summed E-state index contributed by atoms with van der Waals surface area (Å²) in [6.45, 7) is 2.66. The number of benzene rings is 2. The molecule has 0 unspecified atom stereocenters. The second-order valence-electron chi connectivity index (χ2n) is 6.18. The molecule has 29 heavy (non-hydrogen) atoms. The lowest BCUT2D eigenvalue weighted by Crippen LogP contribution is -2.20. The van der Waals surface area contributed by atoms with Crippen LogP contribution in [0.1, 0.15) is 19.8 Å². The van der Waals surface area contributed by atoms with Crippen LogP contribution in [-0.2, 0) is 4.79 Å². The van der Waals surface area contributed by atoms with Gasteiger partial charge in [0, 0.05) is 16.0 Å². The van der Waals surface area contributed by atoms with Crippen molar-refractivity contribution in [2.75, 3.05) is 18.5 Å². The summed E-state index contributed by atoms with van der Waals surface area (Å²) >= 11 is 13.2. The molecule has 1 N–H and O–H groups in total. The van der Waals surface area contributed by atoms with E-state index in [4.69, 9.17) is 32.7 Å². The van der Waals surface area contributed by atoms with Crippen molar-refractivity contribution in [1.29, 1.82) is 0 Å². The number of thiazole rings is 1. The predicted octanol–water partition coefficient (Wildman–Crippen LogP) is 6.31. The van der Waals surface area contributed by atoms with E-state index < -0.39 is 0 Å². The zero-order chi connectivity index (χ0) is 20.6. The minimum atomic E-state index is -0.323. The predicted molar refractivity (Wildman–Crippen MR) is 119 cm³/mol. The van der Waals surface area contributed by atoms with E-state index in [0.29, 0.717) is 27.5 Å². The van der Waals surface area contributed by atoms with Gasteiger partial charge in [-0.15, -0.1) is 11.3 Å². The first-order valence-electron chi connectivity index (χ1n) is 9.11. The number of rotatable bonds is 9. The van der Waals surface area contributed by atoms with Crippen LogP contribution in [0.4, 0.5) is 5.13 Å². The van der Waals surface area contributed by atoms with Gasteiger partial charge in [0.05, 0.1) is 17.3 Å². The summed E-state index contributed by atoms with van der Waals surface area (Å²) in [6.07, 6.45) is 2.13. The summed E-state index contributed by atoms with van der Waals surface area (Å²) in [7, 11) is 0. The van der Waals surface area contributed by atoms with Gasteiger partial charge < -0.3 is 9.47 Å². The van der Waals surface area contributed by atoms with Crippen LogP contribution in [0, 0.1) is 0 Å². The van der Waals surface area contributed by atoms with Crippen LogP contribution in [-0.4, -0.2) is 24.1 Å². The van der Waals surface area contributed by atoms with Gasteiger partial charge in [-0.05, 0) is 48.9 Å². The second-order valence-corrected chi connectivity index (χ2v) is 7.88. The molecule has 1 heterocycles. The Balaban J connectivity index is 1.53. The summed E-state index contributed by atoms with van der Waals surface area (Å²) in [5.41, 5.74) is 1.74. The molecule has 0 atom stereocenters. The van der Waals surface area contributed by atoms with Crippen LogP contribution in [0.5, 0.6) is 11.5 Å². The van der Waals surface area contributed by atoms with Crippen molar-refractivity contribution in [1.82, 2.24) is 4.98 Å². The van der Waals surface area contributed by atoms with Gasteiger partial charge in [-0.1, -0.05) is 36.5 Å². The van der Waals surface area contributed by atoms with Gasteiger partial charge in [0.25, 0.3) is 5.91 Å². The van der Waals surface area contributed by atoms with E-state index in [1.807, 2.05) is 29.6 Å². The molecule has 0 saturated heterocycles. The number of aromatic nitrogens is 1. The molecule has 0 aliphatic carbocycles. The van der Waals surface area contributed by atoms with E-state index in [1.54, 1.807) is 18.2 Å². The number of amides is 1. The molecule has 1 aromatic heterocycles. The van der Waals surface area contributed by atoms with Gasteiger partial charge in [0.2, 0.25) is 0 Å². The van der Waals surface area contributed by atoms with Gasteiger partial charge in [-0.3, -0.25) is 10.1 Å². The Hall–Kier alpha value is -2.28. The Labute approximate surface area is 183 Å². The zero-order valence-electron chi connectivity index (χ0n) is 15.8. The number of nitrogens with one attached hydrogen (secondary N) is 1. The number of ether oxygens (including phenoxy) is 2. The lowest BCUT2D eigenvalue weighted by atomic mass is 10.2. The molecule has 0 fully saturated rings. The maximum absolute atomic E-state index is 12.1. The van der Waals surface area contributed by atoms with Crippen LogP contribution in [0.2, 0.25) is 10.0 Å². The normalized spacial score (nSPS) is 10.6. The SMILES string of the molecule is CCCCOc1ccc(-c2csc(NC(=O)COc3ccc(Cl)cc3Cl)n2)cc1. The number of carbonyl (C=O) groups is 1. The fourth-order valence-electron chi connectivity index (χ4n) is 2.41. The standard InChI is InChI=1S/C21H20Cl2N2O3S/c1-2-3-10-27-16-7-4-14(5-8-16)18-13-29-21(24-18)25-20(26)12-28-19-9-6-15(22)11-17(19)23/h4-9,11,13H,2-3,10,12H2,1H3,(H,24,25,26). The number of anilines is 1. The molecule has 0 aliphatic heterocycles. The highest BCUT2D eigenvalue weighted by molar-refractivity contribution is 7.14. The molecular formula is C21H20Cl2N2O3S. The minimum Gasteiger partial charge on any atom is -0.494 e. The van der Waals surface area contributed by atoms with Crippen molar-refractivity contribution in [2.45, 2.75) is 19.8 Å². The molecular weight excluding hydrogens is 431 g/mol. The largest absolute Gasteiger partial charge is 0.494 e. The van der Waals surface area contributed by atoms with Crippen LogP contribution in [0.15, 0.2) is 47.8 Å². The number of unbranched alkanes of at least 4 members (excludes halogenated alkanes) is 1. The second kappa shape index (κ2) is 10.5. The Morgan fingerprint density at radius 3 is 2.66 bits per heavy atom. The maximum Gasteiger partial charge on any atom is 0.264 e. The molecule has 3 aromatic rings. The van der Waals surface area contributed by atoms with Gasteiger partial charge in [0.1, 0.15) is 11.5 Å². The van der Waals surface area contributed by atoms with E-state index in [1.165, 1.54) is 11.3 Å². The Kier molecular flexibility index (Phi) is 7.75. The Morgan fingerprint density at radius 2 is 1.93 bits per heavy atom. The summed E-state index contributed by atoms with van der Waals surface area (Å²) < 4.78 is 11.1. The Morgan fingerprint density at radius 1 is 1.14 bits per heavy atom. The quantitative estimate of drug-likeness (QED) is 0.387. The lowest BCUT2D eigenvalue weighted by molar-refractivity contribution is -0.118. The van der Waals surface area contributed by atoms with E-state index in [2.05, 4.69) is 17.2 Å². The van der Waals surface area contributed by atoms with Crippen LogP contribution < -0.4 is 14.8 Å². The third kappa shape index (κ3) is 6.35. The molecule has 0 radical (unpaired) electrons. The fourth-order valence-corrected chi connectivity index (χ4v) is 3.61. The lowest BCUT2D eigenvalue weighted by Gasteiger charge is -2.07. The first-order valence-corrected chi connectivity index (χ1v) is 10.7. The molecule has 5 nitrogen and oxygen atoms in total. The molecule has 0 bridgehead atoms. The summed E-state index contributed by atoms with van der Waals surface area (Å²) in [5.74, 6) is 0.910. The maximum atomic E-state index is 12.1. The van der Waals surface area contributed by atoms with Crippen molar-refractivity contribution >= 4 is 45.6 Å². The summed E-state index contributed by atoms with van der Waals surface area (Å²) in [4.78, 5) is 16.6. The van der Waals surface area contributed by atoms with Crippen molar-refractivity contribution < 1.29 is 14.3 Å². The third-order valence-electron chi connectivity index (χ3n) is 3.92. The molecule has 0 aliphatic rings. The third-order valence-corrected chi connectivity index (χ3v) is 5.21. The highest BCUT2D eigenvalue weighted by Crippen LogP contribution is 2.28. The summed E-state index contributed by atoms with van der Waals surface area (Å²) in [6, 6.07) is 12.6. The van der Waals surface area contributed by atoms with E-state index >= 15 is 0 Å². The summed E-state index contributed by atoms with van der Waals surface area (Å²) in [5, 5.41) is 5.97. The molecule has 1 amide bonds.